The maximum absolute atomic E-state index is 12.6. The van der Waals surface area contributed by atoms with Crippen LogP contribution in [0.15, 0.2) is 34.9 Å². The van der Waals surface area contributed by atoms with E-state index in [2.05, 4.69) is 15.8 Å². The number of fused-ring (bicyclic) bond motifs is 1. The Balaban J connectivity index is 1.58. The highest BCUT2D eigenvalue weighted by Gasteiger charge is 2.27. The van der Waals surface area contributed by atoms with E-state index in [-0.39, 0.29) is 30.0 Å². The molecule has 1 unspecified atom stereocenters. The van der Waals surface area contributed by atoms with Gasteiger partial charge in [-0.3, -0.25) is 14.4 Å². The van der Waals surface area contributed by atoms with Crippen LogP contribution in [0.2, 0.25) is 0 Å². The second-order valence-corrected chi connectivity index (χ2v) is 7.14. The van der Waals surface area contributed by atoms with Gasteiger partial charge in [-0.25, -0.2) is 0 Å². The van der Waals surface area contributed by atoms with Crippen LogP contribution in [-0.2, 0) is 14.4 Å². The molecule has 2 aromatic rings. The molecular weight excluding hydrogens is 356 g/mol. The van der Waals surface area contributed by atoms with E-state index >= 15 is 0 Å². The van der Waals surface area contributed by atoms with Crippen molar-refractivity contribution in [1.29, 1.82) is 0 Å². The fourth-order valence-corrected chi connectivity index (χ4v) is 3.22. The lowest BCUT2D eigenvalue weighted by atomic mass is 10.2. The zero-order valence-electron chi connectivity index (χ0n) is 14.3. The molecule has 1 atom stereocenters. The molecule has 8 nitrogen and oxygen atoms in total. The molecule has 9 heteroatoms. The number of nitrogens with one attached hydrogen (secondary N) is 2. The lowest BCUT2D eigenvalue weighted by molar-refractivity contribution is -0.120. The van der Waals surface area contributed by atoms with Crippen molar-refractivity contribution in [3.63, 3.8) is 0 Å². The highest BCUT2D eigenvalue weighted by Crippen LogP contribution is 2.29. The highest BCUT2D eigenvalue weighted by molar-refractivity contribution is 8.01. The molecule has 0 fully saturated rings. The van der Waals surface area contributed by atoms with Crippen LogP contribution in [-0.4, -0.2) is 40.4 Å². The first kappa shape index (κ1) is 18.0. The summed E-state index contributed by atoms with van der Waals surface area (Å²) in [4.78, 5) is 38.0. The van der Waals surface area contributed by atoms with E-state index < -0.39 is 5.25 Å². The lowest BCUT2D eigenvalue weighted by Gasteiger charge is -2.29. The van der Waals surface area contributed by atoms with Gasteiger partial charge in [-0.2, -0.15) is 0 Å². The number of rotatable bonds is 5. The molecule has 1 aromatic heterocycles. The number of para-hydroxylation sites is 2. The van der Waals surface area contributed by atoms with Crippen LogP contribution in [0.1, 0.15) is 12.7 Å². The van der Waals surface area contributed by atoms with Crippen LogP contribution in [0.25, 0.3) is 0 Å². The number of thioether (sulfide) groups is 1. The predicted octanol–water partition coefficient (Wildman–Crippen LogP) is 2.03. The molecule has 0 bridgehead atoms. The van der Waals surface area contributed by atoms with Gasteiger partial charge in [0.2, 0.25) is 17.7 Å². The Labute approximate surface area is 154 Å². The third-order valence-electron chi connectivity index (χ3n) is 3.78. The van der Waals surface area contributed by atoms with Crippen LogP contribution < -0.4 is 15.5 Å². The third-order valence-corrected chi connectivity index (χ3v) is 4.90. The Hall–Kier alpha value is -2.81. The SMILES string of the molecule is Cc1cc(NC(=O)C(C)SCC(=O)N2CC(=O)Nc3ccccc32)no1. The van der Waals surface area contributed by atoms with Crippen molar-refractivity contribution in [2.75, 3.05) is 27.8 Å². The maximum atomic E-state index is 12.6. The van der Waals surface area contributed by atoms with Gasteiger partial charge in [-0.15, -0.1) is 11.8 Å². The quantitative estimate of drug-likeness (QED) is 0.830. The molecule has 3 rings (SSSR count). The number of carbonyl (C=O) groups is 3. The summed E-state index contributed by atoms with van der Waals surface area (Å²) < 4.78 is 4.90. The van der Waals surface area contributed by atoms with Crippen molar-refractivity contribution in [1.82, 2.24) is 5.16 Å². The first-order valence-corrected chi connectivity index (χ1v) is 9.04. The molecular formula is C17H18N4O4S. The molecule has 1 aromatic carbocycles. The summed E-state index contributed by atoms with van der Waals surface area (Å²) in [5.41, 5.74) is 1.27. The Morgan fingerprint density at radius 3 is 2.92 bits per heavy atom. The summed E-state index contributed by atoms with van der Waals surface area (Å²) in [6.07, 6.45) is 0. The number of anilines is 3. The molecule has 2 N–H and O–H groups in total. The zero-order valence-corrected chi connectivity index (χ0v) is 15.1. The second-order valence-electron chi connectivity index (χ2n) is 5.81. The molecule has 0 saturated carbocycles. The van der Waals surface area contributed by atoms with Crippen LogP contribution in [0.3, 0.4) is 0 Å². The first-order valence-electron chi connectivity index (χ1n) is 7.99. The van der Waals surface area contributed by atoms with E-state index in [1.54, 1.807) is 44.2 Å². The van der Waals surface area contributed by atoms with Gasteiger partial charge in [0.1, 0.15) is 12.3 Å². The van der Waals surface area contributed by atoms with Gasteiger partial charge in [0.05, 0.1) is 22.4 Å². The number of hydrogen-bond donors (Lipinski definition) is 2. The molecule has 0 spiro atoms. The Morgan fingerprint density at radius 1 is 1.42 bits per heavy atom. The average molecular weight is 374 g/mol. The zero-order chi connectivity index (χ0) is 18.7. The van der Waals surface area contributed by atoms with Gasteiger partial charge in [0.15, 0.2) is 5.82 Å². The van der Waals surface area contributed by atoms with Crippen molar-refractivity contribution in [2.24, 2.45) is 0 Å². The van der Waals surface area contributed by atoms with Gasteiger partial charge >= 0.3 is 0 Å². The van der Waals surface area contributed by atoms with E-state index in [0.717, 1.165) is 0 Å². The maximum Gasteiger partial charge on any atom is 0.244 e. The molecule has 0 radical (unpaired) electrons. The smallest absolute Gasteiger partial charge is 0.244 e. The fourth-order valence-electron chi connectivity index (χ4n) is 2.46. The van der Waals surface area contributed by atoms with Crippen molar-refractivity contribution in [3.8, 4) is 0 Å². The molecule has 0 saturated heterocycles. The standard InChI is InChI=1S/C17H18N4O4S/c1-10-7-14(20-25-10)19-17(24)11(2)26-9-16(23)21-8-15(22)18-12-5-3-4-6-13(12)21/h3-7,11H,8-9H2,1-2H3,(H,18,22)(H,19,20,24). The normalized spacial score (nSPS) is 14.4. The van der Waals surface area contributed by atoms with Crippen LogP contribution in [0, 0.1) is 6.92 Å². The summed E-state index contributed by atoms with van der Waals surface area (Å²) in [6.45, 7) is 3.40. The molecule has 1 aliphatic heterocycles. The van der Waals surface area contributed by atoms with Crippen molar-refractivity contribution in [2.45, 2.75) is 19.1 Å². The molecule has 2 heterocycles. The van der Waals surface area contributed by atoms with Crippen molar-refractivity contribution >= 4 is 46.7 Å². The van der Waals surface area contributed by atoms with Gasteiger partial charge in [-0.05, 0) is 26.0 Å². The van der Waals surface area contributed by atoms with Crippen LogP contribution in [0.4, 0.5) is 17.2 Å². The number of amides is 3. The van der Waals surface area contributed by atoms with E-state index in [1.807, 2.05) is 0 Å². The highest BCUT2D eigenvalue weighted by atomic mass is 32.2. The number of carbonyl (C=O) groups excluding carboxylic acids is 3. The Kier molecular flexibility index (Phi) is 5.27. The largest absolute Gasteiger partial charge is 0.360 e. The molecule has 3 amide bonds. The van der Waals surface area contributed by atoms with Crippen LogP contribution in [0.5, 0.6) is 0 Å². The minimum Gasteiger partial charge on any atom is -0.360 e. The molecule has 26 heavy (non-hydrogen) atoms. The average Bonchev–Trinajstić information content (AvgIpc) is 3.03. The van der Waals surface area contributed by atoms with E-state index in [0.29, 0.717) is 23.0 Å². The Bertz CT molecular complexity index is 851. The monoisotopic (exact) mass is 374 g/mol. The molecule has 0 aliphatic carbocycles. The van der Waals surface area contributed by atoms with Gasteiger partial charge in [0.25, 0.3) is 0 Å². The third kappa shape index (κ3) is 4.05. The minimum absolute atomic E-state index is 0.0325. The number of aromatic nitrogens is 1. The van der Waals surface area contributed by atoms with E-state index in [9.17, 15) is 14.4 Å². The van der Waals surface area contributed by atoms with Crippen LogP contribution >= 0.6 is 11.8 Å². The second kappa shape index (κ2) is 7.61. The lowest BCUT2D eigenvalue weighted by Crippen LogP contribution is -2.43. The number of benzene rings is 1. The van der Waals surface area contributed by atoms with Gasteiger partial charge in [-0.1, -0.05) is 17.3 Å². The number of hydrogen-bond acceptors (Lipinski definition) is 6. The summed E-state index contributed by atoms with van der Waals surface area (Å²) in [7, 11) is 0. The topological polar surface area (TPSA) is 105 Å². The first-order chi connectivity index (χ1) is 12.4. The molecule has 1 aliphatic rings. The van der Waals surface area contributed by atoms with E-state index in [4.69, 9.17) is 4.52 Å². The fraction of sp³-hybridized carbons (Fsp3) is 0.294. The summed E-state index contributed by atoms with van der Waals surface area (Å²) in [5, 5.41) is 8.61. The van der Waals surface area contributed by atoms with Gasteiger partial charge < -0.3 is 20.1 Å². The summed E-state index contributed by atoms with van der Waals surface area (Å²) in [6, 6.07) is 8.74. The minimum atomic E-state index is -0.468. The number of nitrogens with zero attached hydrogens (tertiary/aromatic N) is 2. The Morgan fingerprint density at radius 2 is 2.19 bits per heavy atom. The number of aryl methyl sites for hydroxylation is 1. The summed E-state index contributed by atoms with van der Waals surface area (Å²) >= 11 is 1.19. The van der Waals surface area contributed by atoms with Gasteiger partial charge in [0, 0.05) is 6.07 Å². The molecule has 136 valence electrons. The van der Waals surface area contributed by atoms with E-state index in [1.165, 1.54) is 16.7 Å². The van der Waals surface area contributed by atoms with Crippen molar-refractivity contribution in [3.05, 3.63) is 36.1 Å². The van der Waals surface area contributed by atoms with Crippen molar-refractivity contribution < 1.29 is 18.9 Å². The predicted molar refractivity (Wildman–Crippen MR) is 99.2 cm³/mol. The summed E-state index contributed by atoms with van der Waals surface area (Å²) in [5.74, 6) is 0.274.